The molecule has 0 saturated carbocycles. The Hall–Kier alpha value is -1.10. The summed E-state index contributed by atoms with van der Waals surface area (Å²) in [6.07, 6.45) is 2.68. The predicted octanol–water partition coefficient (Wildman–Crippen LogP) is 0.159. The molecule has 1 aliphatic rings. The van der Waals surface area contributed by atoms with Crippen molar-refractivity contribution in [3.05, 3.63) is 0 Å². The van der Waals surface area contributed by atoms with Gasteiger partial charge in [0.25, 0.3) is 0 Å². The van der Waals surface area contributed by atoms with Crippen LogP contribution in [0.2, 0.25) is 0 Å². The first-order valence-corrected chi connectivity index (χ1v) is 6.20. The van der Waals surface area contributed by atoms with E-state index in [9.17, 15) is 9.59 Å². The van der Waals surface area contributed by atoms with Crippen molar-refractivity contribution >= 4 is 11.8 Å². The van der Waals surface area contributed by atoms with Crippen LogP contribution in [0.3, 0.4) is 0 Å². The standard InChI is InChI=1S/C12H23N3O2/c1-12(2,3)14-8-10(16)15-9-6-4-5-7-13-11(9)17/h9,14H,4-8H2,1-3H3,(H,13,17)(H,15,16). The minimum atomic E-state index is -0.369. The fraction of sp³-hybridized carbons (Fsp3) is 0.833. The Morgan fingerprint density at radius 2 is 2.12 bits per heavy atom. The molecule has 2 amide bonds. The molecular formula is C12H23N3O2. The summed E-state index contributed by atoms with van der Waals surface area (Å²) in [6.45, 7) is 6.95. The molecular weight excluding hydrogens is 218 g/mol. The van der Waals surface area contributed by atoms with Crippen molar-refractivity contribution < 1.29 is 9.59 Å². The van der Waals surface area contributed by atoms with E-state index < -0.39 is 0 Å². The van der Waals surface area contributed by atoms with Crippen LogP contribution in [0, 0.1) is 0 Å². The van der Waals surface area contributed by atoms with Gasteiger partial charge in [-0.15, -0.1) is 0 Å². The largest absolute Gasteiger partial charge is 0.354 e. The molecule has 0 radical (unpaired) electrons. The van der Waals surface area contributed by atoms with Crippen molar-refractivity contribution in [3.8, 4) is 0 Å². The molecule has 0 spiro atoms. The Morgan fingerprint density at radius 3 is 2.76 bits per heavy atom. The van der Waals surface area contributed by atoms with Crippen molar-refractivity contribution in [1.82, 2.24) is 16.0 Å². The summed E-state index contributed by atoms with van der Waals surface area (Å²) in [7, 11) is 0. The number of nitrogens with one attached hydrogen (secondary N) is 3. The number of carbonyl (C=O) groups excluding carboxylic acids is 2. The highest BCUT2D eigenvalue weighted by atomic mass is 16.2. The van der Waals surface area contributed by atoms with E-state index in [0.29, 0.717) is 6.54 Å². The van der Waals surface area contributed by atoms with Crippen molar-refractivity contribution in [2.24, 2.45) is 0 Å². The van der Waals surface area contributed by atoms with Gasteiger partial charge < -0.3 is 16.0 Å². The zero-order chi connectivity index (χ0) is 12.9. The summed E-state index contributed by atoms with van der Waals surface area (Å²) in [5.74, 6) is -0.186. The first kappa shape index (κ1) is 14.0. The first-order chi connectivity index (χ1) is 7.88. The number of hydrogen-bond acceptors (Lipinski definition) is 3. The molecule has 1 heterocycles. The van der Waals surface area contributed by atoms with Gasteiger partial charge in [0, 0.05) is 12.1 Å². The van der Waals surface area contributed by atoms with Gasteiger partial charge in [-0.05, 0) is 40.0 Å². The number of hydrogen-bond donors (Lipinski definition) is 3. The molecule has 1 fully saturated rings. The molecule has 3 N–H and O–H groups in total. The SMILES string of the molecule is CC(C)(C)NCC(=O)NC1CCCCNC1=O. The van der Waals surface area contributed by atoms with Crippen LogP contribution >= 0.6 is 0 Å². The number of carbonyl (C=O) groups is 2. The second kappa shape index (κ2) is 6.00. The van der Waals surface area contributed by atoms with Crippen LogP contribution in [-0.4, -0.2) is 36.5 Å². The van der Waals surface area contributed by atoms with Gasteiger partial charge in [-0.3, -0.25) is 9.59 Å². The lowest BCUT2D eigenvalue weighted by Crippen LogP contribution is -2.50. The highest BCUT2D eigenvalue weighted by Gasteiger charge is 2.22. The molecule has 1 rings (SSSR count). The third-order valence-corrected chi connectivity index (χ3v) is 2.65. The molecule has 0 aromatic carbocycles. The van der Waals surface area contributed by atoms with E-state index in [1.807, 2.05) is 20.8 Å². The fourth-order valence-electron chi connectivity index (χ4n) is 1.67. The van der Waals surface area contributed by atoms with Crippen molar-refractivity contribution in [3.63, 3.8) is 0 Å². The molecule has 17 heavy (non-hydrogen) atoms. The van der Waals surface area contributed by atoms with E-state index in [0.717, 1.165) is 19.3 Å². The lowest BCUT2D eigenvalue weighted by molar-refractivity contribution is -0.128. The van der Waals surface area contributed by atoms with Gasteiger partial charge in [-0.25, -0.2) is 0 Å². The lowest BCUT2D eigenvalue weighted by atomic mass is 10.1. The maximum atomic E-state index is 11.7. The molecule has 0 aromatic heterocycles. The quantitative estimate of drug-likeness (QED) is 0.659. The summed E-state index contributed by atoms with van der Waals surface area (Å²) in [4.78, 5) is 23.3. The Kier molecular flexibility index (Phi) is 4.93. The van der Waals surface area contributed by atoms with Crippen LogP contribution in [0.1, 0.15) is 40.0 Å². The van der Waals surface area contributed by atoms with Crippen molar-refractivity contribution in [2.75, 3.05) is 13.1 Å². The molecule has 0 aliphatic carbocycles. The second-order valence-corrected chi connectivity index (χ2v) is 5.51. The summed E-state index contributed by atoms with van der Waals surface area (Å²) in [5.41, 5.74) is -0.0942. The molecule has 98 valence electrons. The second-order valence-electron chi connectivity index (χ2n) is 5.51. The van der Waals surface area contributed by atoms with Crippen molar-refractivity contribution in [1.29, 1.82) is 0 Å². The molecule has 1 atom stereocenters. The minimum Gasteiger partial charge on any atom is -0.354 e. The molecule has 1 aliphatic heterocycles. The van der Waals surface area contributed by atoms with E-state index in [4.69, 9.17) is 0 Å². The maximum absolute atomic E-state index is 11.7. The van der Waals surface area contributed by atoms with Crippen LogP contribution in [0.5, 0.6) is 0 Å². The minimum absolute atomic E-state index is 0.0633. The summed E-state index contributed by atoms with van der Waals surface area (Å²) in [5, 5.41) is 8.66. The van der Waals surface area contributed by atoms with E-state index in [1.54, 1.807) is 0 Å². The monoisotopic (exact) mass is 241 g/mol. The van der Waals surface area contributed by atoms with Crippen LogP contribution in [0.4, 0.5) is 0 Å². The smallest absolute Gasteiger partial charge is 0.242 e. The average molecular weight is 241 g/mol. The molecule has 1 unspecified atom stereocenters. The molecule has 0 bridgehead atoms. The van der Waals surface area contributed by atoms with Crippen LogP contribution in [0.25, 0.3) is 0 Å². The number of amides is 2. The molecule has 1 saturated heterocycles. The third kappa shape index (κ3) is 5.68. The highest BCUT2D eigenvalue weighted by molar-refractivity contribution is 5.88. The first-order valence-electron chi connectivity index (χ1n) is 6.20. The van der Waals surface area contributed by atoms with E-state index in [2.05, 4.69) is 16.0 Å². The van der Waals surface area contributed by atoms with Crippen LogP contribution < -0.4 is 16.0 Å². The summed E-state index contributed by atoms with van der Waals surface area (Å²) < 4.78 is 0. The Bertz CT molecular complexity index is 284. The number of rotatable bonds is 3. The van der Waals surface area contributed by atoms with Crippen molar-refractivity contribution in [2.45, 2.75) is 51.6 Å². The van der Waals surface area contributed by atoms with Crippen LogP contribution in [0.15, 0.2) is 0 Å². The van der Waals surface area contributed by atoms with Gasteiger partial charge in [0.05, 0.1) is 6.54 Å². The predicted molar refractivity (Wildman–Crippen MR) is 66.5 cm³/mol. The van der Waals surface area contributed by atoms with E-state index in [-0.39, 0.29) is 29.9 Å². The molecule has 5 heteroatoms. The molecule has 0 aromatic rings. The molecule has 5 nitrogen and oxygen atoms in total. The van der Waals surface area contributed by atoms with E-state index in [1.165, 1.54) is 0 Å². The Balaban J connectivity index is 2.36. The third-order valence-electron chi connectivity index (χ3n) is 2.65. The normalized spacial score (nSPS) is 21.6. The summed E-state index contributed by atoms with van der Waals surface area (Å²) >= 11 is 0. The maximum Gasteiger partial charge on any atom is 0.242 e. The van der Waals surface area contributed by atoms with Gasteiger partial charge in [0.1, 0.15) is 6.04 Å². The Morgan fingerprint density at radius 1 is 1.41 bits per heavy atom. The van der Waals surface area contributed by atoms with Gasteiger partial charge >= 0.3 is 0 Å². The topological polar surface area (TPSA) is 70.2 Å². The average Bonchev–Trinajstić information content (AvgIpc) is 2.41. The van der Waals surface area contributed by atoms with Gasteiger partial charge in [-0.1, -0.05) is 0 Å². The fourth-order valence-corrected chi connectivity index (χ4v) is 1.67. The van der Waals surface area contributed by atoms with E-state index >= 15 is 0 Å². The van der Waals surface area contributed by atoms with Gasteiger partial charge in [0.2, 0.25) is 11.8 Å². The lowest BCUT2D eigenvalue weighted by Gasteiger charge is -2.21. The van der Waals surface area contributed by atoms with Gasteiger partial charge in [0.15, 0.2) is 0 Å². The van der Waals surface area contributed by atoms with Crippen LogP contribution in [-0.2, 0) is 9.59 Å². The highest BCUT2D eigenvalue weighted by Crippen LogP contribution is 2.05. The van der Waals surface area contributed by atoms with Gasteiger partial charge in [-0.2, -0.15) is 0 Å². The summed E-state index contributed by atoms with van der Waals surface area (Å²) in [6, 6.07) is -0.369. The zero-order valence-corrected chi connectivity index (χ0v) is 10.9. The zero-order valence-electron chi connectivity index (χ0n) is 10.9. The Labute approximate surface area is 103 Å².